The average molecular weight is 242 g/mol. The molecule has 88 valence electrons. The predicted molar refractivity (Wildman–Crippen MR) is 61.3 cm³/mol. The van der Waals surface area contributed by atoms with E-state index in [0.717, 1.165) is 11.3 Å². The fourth-order valence-corrected chi connectivity index (χ4v) is 3.05. The van der Waals surface area contributed by atoms with Gasteiger partial charge < -0.3 is 10.5 Å². The first-order valence-electron chi connectivity index (χ1n) is 5.04. The largest absolute Gasteiger partial charge is 0.480 e. The number of anilines is 1. The van der Waals surface area contributed by atoms with E-state index in [9.17, 15) is 8.42 Å². The van der Waals surface area contributed by atoms with Crippen LogP contribution in [0, 0.1) is 0 Å². The maximum absolute atomic E-state index is 11.5. The van der Waals surface area contributed by atoms with E-state index >= 15 is 0 Å². The van der Waals surface area contributed by atoms with Gasteiger partial charge in [0.2, 0.25) is 5.88 Å². The molecule has 0 amide bonds. The third kappa shape index (κ3) is 2.11. The standard InChI is InChI=1S/C10H14N2O3S/c1-15-10-8(11)6-7-2-4-16(13,14)5-3-9(7)12-10/h6H,2-5,11H2,1H3. The van der Waals surface area contributed by atoms with Crippen molar-refractivity contribution in [1.29, 1.82) is 0 Å². The lowest BCUT2D eigenvalue weighted by Crippen LogP contribution is -2.10. The van der Waals surface area contributed by atoms with Gasteiger partial charge in [-0.3, -0.25) is 0 Å². The summed E-state index contributed by atoms with van der Waals surface area (Å²) in [5, 5.41) is 0. The Morgan fingerprint density at radius 3 is 2.75 bits per heavy atom. The van der Waals surface area contributed by atoms with Crippen LogP contribution in [0.4, 0.5) is 5.69 Å². The second-order valence-corrected chi connectivity index (χ2v) is 6.15. The van der Waals surface area contributed by atoms with Crippen molar-refractivity contribution in [2.75, 3.05) is 24.3 Å². The van der Waals surface area contributed by atoms with Crippen molar-refractivity contribution in [3.8, 4) is 5.88 Å². The van der Waals surface area contributed by atoms with Gasteiger partial charge in [-0.1, -0.05) is 0 Å². The van der Waals surface area contributed by atoms with Gasteiger partial charge in [-0.05, 0) is 18.1 Å². The normalized spacial score (nSPS) is 18.6. The lowest BCUT2D eigenvalue weighted by atomic mass is 10.1. The minimum atomic E-state index is -2.94. The molecule has 2 N–H and O–H groups in total. The first-order chi connectivity index (χ1) is 7.52. The number of aryl methyl sites for hydroxylation is 2. The molecule has 0 unspecified atom stereocenters. The van der Waals surface area contributed by atoms with Crippen LogP contribution in [-0.2, 0) is 22.7 Å². The number of hydrogen-bond acceptors (Lipinski definition) is 5. The highest BCUT2D eigenvalue weighted by molar-refractivity contribution is 7.91. The van der Waals surface area contributed by atoms with Crippen LogP contribution >= 0.6 is 0 Å². The number of nitrogens with two attached hydrogens (primary N) is 1. The molecule has 1 aliphatic rings. The zero-order valence-corrected chi connectivity index (χ0v) is 9.88. The number of nitrogen functional groups attached to an aromatic ring is 1. The fourth-order valence-electron chi connectivity index (χ4n) is 1.81. The van der Waals surface area contributed by atoms with Crippen molar-refractivity contribution in [1.82, 2.24) is 4.98 Å². The fraction of sp³-hybridized carbons (Fsp3) is 0.500. The van der Waals surface area contributed by atoms with Gasteiger partial charge in [-0.25, -0.2) is 13.4 Å². The second kappa shape index (κ2) is 3.93. The highest BCUT2D eigenvalue weighted by Crippen LogP contribution is 2.24. The zero-order chi connectivity index (χ0) is 11.8. The first kappa shape index (κ1) is 11.2. The third-order valence-corrected chi connectivity index (χ3v) is 4.36. The number of hydrogen-bond donors (Lipinski definition) is 1. The van der Waals surface area contributed by atoms with Crippen LogP contribution in [0.5, 0.6) is 5.88 Å². The van der Waals surface area contributed by atoms with Gasteiger partial charge in [0.25, 0.3) is 0 Å². The summed E-state index contributed by atoms with van der Waals surface area (Å²) in [4.78, 5) is 4.25. The SMILES string of the molecule is COc1nc2c(cc1N)CCS(=O)(=O)CC2. The Morgan fingerprint density at radius 1 is 1.38 bits per heavy atom. The Balaban J connectivity index is 2.43. The molecule has 0 radical (unpaired) electrons. The maximum atomic E-state index is 11.5. The highest BCUT2D eigenvalue weighted by Gasteiger charge is 2.20. The average Bonchev–Trinajstić information content (AvgIpc) is 2.38. The molecule has 1 aliphatic heterocycles. The van der Waals surface area contributed by atoms with Crippen LogP contribution in [0.25, 0.3) is 0 Å². The van der Waals surface area contributed by atoms with Crippen molar-refractivity contribution in [3.63, 3.8) is 0 Å². The molecule has 0 aliphatic carbocycles. The molecule has 6 heteroatoms. The van der Waals surface area contributed by atoms with Gasteiger partial charge in [-0.15, -0.1) is 0 Å². The minimum Gasteiger partial charge on any atom is -0.480 e. The molecular weight excluding hydrogens is 228 g/mol. The molecule has 0 saturated carbocycles. The molecule has 5 nitrogen and oxygen atoms in total. The van der Waals surface area contributed by atoms with Crippen molar-refractivity contribution >= 4 is 15.5 Å². The highest BCUT2D eigenvalue weighted by atomic mass is 32.2. The van der Waals surface area contributed by atoms with E-state index in [1.165, 1.54) is 7.11 Å². The molecule has 2 rings (SSSR count). The van der Waals surface area contributed by atoms with Crippen LogP contribution in [0.3, 0.4) is 0 Å². The molecule has 0 saturated heterocycles. The van der Waals surface area contributed by atoms with E-state index in [0.29, 0.717) is 24.4 Å². The summed E-state index contributed by atoms with van der Waals surface area (Å²) < 4.78 is 28.0. The number of rotatable bonds is 1. The number of methoxy groups -OCH3 is 1. The summed E-state index contributed by atoms with van der Waals surface area (Å²) in [6, 6.07) is 1.77. The van der Waals surface area contributed by atoms with E-state index in [4.69, 9.17) is 10.5 Å². The van der Waals surface area contributed by atoms with Crippen LogP contribution in [-0.4, -0.2) is 32.0 Å². The summed E-state index contributed by atoms with van der Waals surface area (Å²) in [6.07, 6.45) is 0.924. The van der Waals surface area contributed by atoms with Gasteiger partial charge in [0.1, 0.15) is 0 Å². The molecule has 0 aromatic carbocycles. The van der Waals surface area contributed by atoms with Crippen molar-refractivity contribution in [2.24, 2.45) is 0 Å². The van der Waals surface area contributed by atoms with Crippen LogP contribution in [0.15, 0.2) is 6.07 Å². The van der Waals surface area contributed by atoms with Gasteiger partial charge in [0.15, 0.2) is 9.84 Å². The molecule has 2 heterocycles. The monoisotopic (exact) mass is 242 g/mol. The number of pyridine rings is 1. The quantitative estimate of drug-likeness (QED) is 0.760. The van der Waals surface area contributed by atoms with E-state index < -0.39 is 9.84 Å². The van der Waals surface area contributed by atoms with Gasteiger partial charge in [-0.2, -0.15) is 0 Å². The van der Waals surface area contributed by atoms with E-state index in [-0.39, 0.29) is 11.5 Å². The molecule has 0 fully saturated rings. The van der Waals surface area contributed by atoms with Crippen LogP contribution in [0.1, 0.15) is 11.3 Å². The summed E-state index contributed by atoms with van der Waals surface area (Å²) in [7, 11) is -1.44. The Hall–Kier alpha value is -1.30. The van der Waals surface area contributed by atoms with Crippen molar-refractivity contribution in [2.45, 2.75) is 12.8 Å². The van der Waals surface area contributed by atoms with Gasteiger partial charge >= 0.3 is 0 Å². The lowest BCUT2D eigenvalue weighted by Gasteiger charge is -2.09. The molecule has 0 spiro atoms. The lowest BCUT2D eigenvalue weighted by molar-refractivity contribution is 0.398. The summed E-state index contributed by atoms with van der Waals surface area (Å²) in [6.45, 7) is 0. The maximum Gasteiger partial charge on any atom is 0.237 e. The summed E-state index contributed by atoms with van der Waals surface area (Å²) in [5.74, 6) is 0.700. The topological polar surface area (TPSA) is 82.3 Å². The number of ether oxygens (including phenoxy) is 1. The Labute approximate surface area is 94.5 Å². The Kier molecular flexibility index (Phi) is 2.75. The Morgan fingerprint density at radius 2 is 2.06 bits per heavy atom. The molecule has 16 heavy (non-hydrogen) atoms. The van der Waals surface area contributed by atoms with Crippen molar-refractivity contribution < 1.29 is 13.2 Å². The zero-order valence-electron chi connectivity index (χ0n) is 9.06. The number of sulfone groups is 1. The van der Waals surface area contributed by atoms with E-state index in [2.05, 4.69) is 4.98 Å². The van der Waals surface area contributed by atoms with E-state index in [1.54, 1.807) is 6.07 Å². The number of fused-ring (bicyclic) bond motifs is 1. The third-order valence-electron chi connectivity index (χ3n) is 2.71. The molecule has 0 bridgehead atoms. The molecule has 0 atom stereocenters. The van der Waals surface area contributed by atoms with Crippen molar-refractivity contribution in [3.05, 3.63) is 17.3 Å². The molecular formula is C10H14N2O3S. The predicted octanol–water partition coefficient (Wildman–Crippen LogP) is 0.186. The molecule has 1 aromatic rings. The summed E-state index contributed by atoms with van der Waals surface area (Å²) >= 11 is 0. The minimum absolute atomic E-state index is 0.153. The molecule has 1 aromatic heterocycles. The van der Waals surface area contributed by atoms with Crippen LogP contribution in [0.2, 0.25) is 0 Å². The van der Waals surface area contributed by atoms with E-state index in [1.807, 2.05) is 0 Å². The number of aromatic nitrogens is 1. The van der Waals surface area contributed by atoms with Gasteiger partial charge in [0, 0.05) is 12.1 Å². The number of nitrogens with zero attached hydrogens (tertiary/aromatic N) is 1. The Bertz CT molecular complexity index is 511. The van der Waals surface area contributed by atoms with Gasteiger partial charge in [0.05, 0.1) is 24.3 Å². The smallest absolute Gasteiger partial charge is 0.237 e. The van der Waals surface area contributed by atoms with Crippen LogP contribution < -0.4 is 10.5 Å². The first-order valence-corrected chi connectivity index (χ1v) is 6.86. The summed E-state index contributed by atoms with van der Waals surface area (Å²) in [5.41, 5.74) is 7.90. The second-order valence-electron chi connectivity index (χ2n) is 3.84.